The predicted molar refractivity (Wildman–Crippen MR) is 62.7 cm³/mol. The van der Waals surface area contributed by atoms with Crippen molar-refractivity contribution in [3.63, 3.8) is 0 Å². The van der Waals surface area contributed by atoms with Crippen molar-refractivity contribution in [2.45, 2.75) is 13.0 Å². The SMILES string of the molecule is CC(Nc1cc(F)cc(F)c1)c1ccsc1. The fraction of sp³-hybridized carbons (Fsp3) is 0.167. The van der Waals surface area contributed by atoms with Gasteiger partial charge in [0.2, 0.25) is 0 Å². The first kappa shape index (κ1) is 11.1. The summed E-state index contributed by atoms with van der Waals surface area (Å²) in [6, 6.07) is 5.45. The van der Waals surface area contributed by atoms with Crippen molar-refractivity contribution in [2.24, 2.45) is 0 Å². The molecule has 0 saturated carbocycles. The first-order valence-electron chi connectivity index (χ1n) is 4.90. The van der Waals surface area contributed by atoms with Gasteiger partial charge < -0.3 is 5.32 Å². The van der Waals surface area contributed by atoms with E-state index in [4.69, 9.17) is 0 Å². The van der Waals surface area contributed by atoms with E-state index in [2.05, 4.69) is 5.32 Å². The summed E-state index contributed by atoms with van der Waals surface area (Å²) in [7, 11) is 0. The Morgan fingerprint density at radius 1 is 1.19 bits per heavy atom. The van der Waals surface area contributed by atoms with Gasteiger partial charge in [-0.15, -0.1) is 0 Å². The van der Waals surface area contributed by atoms with E-state index in [1.807, 2.05) is 23.8 Å². The fourth-order valence-corrected chi connectivity index (χ4v) is 2.25. The highest BCUT2D eigenvalue weighted by Crippen LogP contribution is 2.22. The van der Waals surface area contributed by atoms with Gasteiger partial charge in [-0.2, -0.15) is 11.3 Å². The second-order valence-corrected chi connectivity index (χ2v) is 4.36. The molecule has 0 saturated heterocycles. The molecule has 84 valence electrons. The van der Waals surface area contributed by atoms with Crippen LogP contribution >= 0.6 is 11.3 Å². The van der Waals surface area contributed by atoms with Crippen molar-refractivity contribution in [1.82, 2.24) is 0 Å². The summed E-state index contributed by atoms with van der Waals surface area (Å²) < 4.78 is 25.9. The van der Waals surface area contributed by atoms with Crippen LogP contribution in [0.3, 0.4) is 0 Å². The minimum Gasteiger partial charge on any atom is -0.378 e. The summed E-state index contributed by atoms with van der Waals surface area (Å²) in [5, 5.41) is 7.03. The molecule has 0 bridgehead atoms. The number of hydrogen-bond acceptors (Lipinski definition) is 2. The highest BCUT2D eigenvalue weighted by atomic mass is 32.1. The molecule has 1 aromatic carbocycles. The maximum atomic E-state index is 12.9. The van der Waals surface area contributed by atoms with Crippen LogP contribution in [-0.2, 0) is 0 Å². The molecule has 2 rings (SSSR count). The number of hydrogen-bond donors (Lipinski definition) is 1. The van der Waals surface area contributed by atoms with Gasteiger partial charge in [0, 0.05) is 17.8 Å². The molecule has 0 amide bonds. The maximum absolute atomic E-state index is 12.9. The van der Waals surface area contributed by atoms with Crippen LogP contribution in [0.5, 0.6) is 0 Å². The Kier molecular flexibility index (Phi) is 3.19. The van der Waals surface area contributed by atoms with Crippen LogP contribution in [0.1, 0.15) is 18.5 Å². The summed E-state index contributed by atoms with van der Waals surface area (Å²) in [6.45, 7) is 1.95. The first-order valence-corrected chi connectivity index (χ1v) is 5.84. The lowest BCUT2D eigenvalue weighted by Gasteiger charge is -2.14. The van der Waals surface area contributed by atoms with Crippen molar-refractivity contribution in [3.05, 3.63) is 52.2 Å². The van der Waals surface area contributed by atoms with Gasteiger partial charge in [0.05, 0.1) is 0 Å². The Labute approximate surface area is 96.7 Å². The molecular weight excluding hydrogens is 228 g/mol. The third kappa shape index (κ3) is 2.58. The van der Waals surface area contributed by atoms with Crippen LogP contribution < -0.4 is 5.32 Å². The molecule has 1 N–H and O–H groups in total. The molecule has 16 heavy (non-hydrogen) atoms. The molecule has 0 aliphatic rings. The summed E-state index contributed by atoms with van der Waals surface area (Å²) >= 11 is 1.60. The molecule has 1 heterocycles. The molecule has 2 aromatic rings. The Hall–Kier alpha value is -1.42. The van der Waals surface area contributed by atoms with E-state index in [0.717, 1.165) is 11.6 Å². The standard InChI is InChI=1S/C12H11F2NS/c1-8(9-2-3-16-7-9)15-12-5-10(13)4-11(14)6-12/h2-8,15H,1H3. The number of rotatable bonds is 3. The highest BCUT2D eigenvalue weighted by Gasteiger charge is 2.07. The fourth-order valence-electron chi connectivity index (χ4n) is 1.49. The zero-order valence-electron chi connectivity index (χ0n) is 8.71. The third-order valence-corrected chi connectivity index (χ3v) is 2.99. The van der Waals surface area contributed by atoms with E-state index >= 15 is 0 Å². The van der Waals surface area contributed by atoms with Crippen molar-refractivity contribution in [1.29, 1.82) is 0 Å². The van der Waals surface area contributed by atoms with Crippen molar-refractivity contribution >= 4 is 17.0 Å². The number of halogens is 2. The molecule has 0 radical (unpaired) electrons. The monoisotopic (exact) mass is 239 g/mol. The highest BCUT2D eigenvalue weighted by molar-refractivity contribution is 7.07. The largest absolute Gasteiger partial charge is 0.378 e. The quantitative estimate of drug-likeness (QED) is 0.846. The van der Waals surface area contributed by atoms with Gasteiger partial charge in [-0.25, -0.2) is 8.78 Å². The molecule has 4 heteroatoms. The van der Waals surface area contributed by atoms with Crippen molar-refractivity contribution in [3.8, 4) is 0 Å². The normalized spacial score (nSPS) is 12.4. The molecule has 1 atom stereocenters. The van der Waals surface area contributed by atoms with Gasteiger partial charge >= 0.3 is 0 Å². The second-order valence-electron chi connectivity index (χ2n) is 3.58. The number of thiophene rings is 1. The third-order valence-electron chi connectivity index (χ3n) is 2.29. The van der Waals surface area contributed by atoms with E-state index in [-0.39, 0.29) is 6.04 Å². The molecule has 0 aliphatic carbocycles. The smallest absolute Gasteiger partial charge is 0.128 e. The number of anilines is 1. The average molecular weight is 239 g/mol. The van der Waals surface area contributed by atoms with Crippen molar-refractivity contribution < 1.29 is 8.78 Å². The predicted octanol–water partition coefficient (Wildman–Crippen LogP) is 4.20. The van der Waals surface area contributed by atoms with Crippen LogP contribution in [0.2, 0.25) is 0 Å². The van der Waals surface area contributed by atoms with Gasteiger partial charge in [0.1, 0.15) is 11.6 Å². The second kappa shape index (κ2) is 4.61. The molecule has 1 aromatic heterocycles. The van der Waals surface area contributed by atoms with E-state index in [1.165, 1.54) is 12.1 Å². The molecule has 1 nitrogen and oxygen atoms in total. The van der Waals surface area contributed by atoms with Gasteiger partial charge in [0.25, 0.3) is 0 Å². The summed E-state index contributed by atoms with van der Waals surface area (Å²) in [5.74, 6) is -1.14. The van der Waals surface area contributed by atoms with Crippen LogP contribution in [0.25, 0.3) is 0 Å². The van der Waals surface area contributed by atoms with E-state index in [1.54, 1.807) is 11.3 Å². The van der Waals surface area contributed by atoms with E-state index in [0.29, 0.717) is 5.69 Å². The van der Waals surface area contributed by atoms with Crippen LogP contribution in [0.15, 0.2) is 35.0 Å². The van der Waals surface area contributed by atoms with Gasteiger partial charge in [-0.05, 0) is 41.4 Å². The zero-order valence-corrected chi connectivity index (χ0v) is 9.52. The molecule has 1 unspecified atom stereocenters. The maximum Gasteiger partial charge on any atom is 0.128 e. The van der Waals surface area contributed by atoms with Gasteiger partial charge in [-0.3, -0.25) is 0 Å². The minimum atomic E-state index is -0.569. The first-order chi connectivity index (χ1) is 7.65. The molecule has 0 aliphatic heterocycles. The van der Waals surface area contributed by atoms with Crippen LogP contribution in [0, 0.1) is 11.6 Å². The molecule has 0 spiro atoms. The average Bonchev–Trinajstić information content (AvgIpc) is 2.68. The Balaban J connectivity index is 2.15. The molecule has 0 fully saturated rings. The van der Waals surface area contributed by atoms with Crippen LogP contribution in [0.4, 0.5) is 14.5 Å². The summed E-state index contributed by atoms with van der Waals surface area (Å²) in [6.07, 6.45) is 0. The summed E-state index contributed by atoms with van der Waals surface area (Å²) in [5.41, 5.74) is 1.56. The lowest BCUT2D eigenvalue weighted by atomic mass is 10.1. The topological polar surface area (TPSA) is 12.0 Å². The Bertz CT molecular complexity index is 448. The van der Waals surface area contributed by atoms with Crippen molar-refractivity contribution in [2.75, 3.05) is 5.32 Å². The number of nitrogens with one attached hydrogen (secondary N) is 1. The van der Waals surface area contributed by atoms with Crippen LogP contribution in [-0.4, -0.2) is 0 Å². The number of benzene rings is 1. The minimum absolute atomic E-state index is 0.0347. The van der Waals surface area contributed by atoms with E-state index in [9.17, 15) is 8.78 Å². The Morgan fingerprint density at radius 3 is 2.44 bits per heavy atom. The van der Waals surface area contributed by atoms with Gasteiger partial charge in [0.15, 0.2) is 0 Å². The molecular formula is C12H11F2NS. The summed E-state index contributed by atoms with van der Waals surface area (Å²) in [4.78, 5) is 0. The zero-order chi connectivity index (χ0) is 11.5. The lowest BCUT2D eigenvalue weighted by molar-refractivity contribution is 0.583. The lowest BCUT2D eigenvalue weighted by Crippen LogP contribution is -2.05. The van der Waals surface area contributed by atoms with Gasteiger partial charge in [-0.1, -0.05) is 0 Å². The Morgan fingerprint density at radius 2 is 1.88 bits per heavy atom. The van der Waals surface area contributed by atoms with E-state index < -0.39 is 11.6 Å².